The lowest BCUT2D eigenvalue weighted by Crippen LogP contribution is -2.10. The van der Waals surface area contributed by atoms with Gasteiger partial charge in [0.2, 0.25) is 5.95 Å². The van der Waals surface area contributed by atoms with E-state index in [1.165, 1.54) is 6.07 Å². The Bertz CT molecular complexity index is 885. The molecule has 3 aromatic rings. The lowest BCUT2D eigenvalue weighted by Gasteiger charge is -2.12. The van der Waals surface area contributed by atoms with E-state index in [4.69, 9.17) is 5.11 Å². The molecule has 9 heteroatoms. The van der Waals surface area contributed by atoms with Crippen LogP contribution in [0.15, 0.2) is 42.7 Å². The molecule has 0 saturated heterocycles. The number of halogens is 3. The summed E-state index contributed by atoms with van der Waals surface area (Å²) in [6, 6.07) is 6.05. The summed E-state index contributed by atoms with van der Waals surface area (Å²) in [5.41, 5.74) is 0.643. The minimum atomic E-state index is -1.09. The molecule has 3 rings (SSSR count). The van der Waals surface area contributed by atoms with Gasteiger partial charge in [-0.3, -0.25) is 4.98 Å². The smallest absolute Gasteiger partial charge is 0.225 e. The van der Waals surface area contributed by atoms with E-state index < -0.39 is 23.1 Å². The molecule has 0 radical (unpaired) electrons. The number of benzene rings is 1. The maximum Gasteiger partial charge on any atom is 0.225 e. The number of anilines is 3. The highest BCUT2D eigenvalue weighted by Gasteiger charge is 2.14. The quantitative estimate of drug-likeness (QED) is 0.626. The van der Waals surface area contributed by atoms with Crippen molar-refractivity contribution < 1.29 is 18.3 Å². The molecule has 0 aliphatic carbocycles. The number of nitrogens with zero attached hydrogens (tertiary/aromatic N) is 3. The minimum absolute atomic E-state index is 0.0941. The topological polar surface area (TPSA) is 83.0 Å². The third-order valence-corrected chi connectivity index (χ3v) is 3.36. The number of aliphatic hydroxyl groups is 1. The fourth-order valence-electron chi connectivity index (χ4n) is 2.22. The van der Waals surface area contributed by atoms with Gasteiger partial charge < -0.3 is 15.7 Å². The zero-order chi connectivity index (χ0) is 18.5. The number of hydrogen-bond donors (Lipinski definition) is 3. The maximum atomic E-state index is 13.9. The highest BCUT2D eigenvalue weighted by molar-refractivity contribution is 5.67. The molecule has 1 aromatic carbocycles. The second-order valence-electron chi connectivity index (χ2n) is 5.22. The standard InChI is InChI=1S/C17H14F3N5O/c18-11-7-12(19)16(13(20)8-11)24-15-9-14(10-1-3-21-4-2-10)23-17(25-15)22-5-6-26/h1-4,7-9,26H,5-6H2,(H2,22,23,24,25). The second kappa shape index (κ2) is 7.79. The molecule has 2 heterocycles. The third kappa shape index (κ3) is 4.06. The Morgan fingerprint density at radius 1 is 0.962 bits per heavy atom. The molecule has 0 aliphatic rings. The van der Waals surface area contributed by atoms with E-state index in [0.29, 0.717) is 23.4 Å². The van der Waals surface area contributed by atoms with Gasteiger partial charge in [0, 0.05) is 42.7 Å². The summed E-state index contributed by atoms with van der Waals surface area (Å²) in [5, 5.41) is 14.2. The van der Waals surface area contributed by atoms with E-state index in [-0.39, 0.29) is 24.9 Å². The molecule has 0 atom stereocenters. The summed E-state index contributed by atoms with van der Waals surface area (Å²) in [6.45, 7) is 0.0470. The molecule has 6 nitrogen and oxygen atoms in total. The predicted molar refractivity (Wildman–Crippen MR) is 90.4 cm³/mol. The Hall–Kier alpha value is -3.20. The Balaban J connectivity index is 2.01. The second-order valence-corrected chi connectivity index (χ2v) is 5.22. The minimum Gasteiger partial charge on any atom is -0.395 e. The van der Waals surface area contributed by atoms with Crippen molar-refractivity contribution in [1.29, 1.82) is 0 Å². The number of nitrogens with one attached hydrogen (secondary N) is 2. The van der Waals surface area contributed by atoms with Gasteiger partial charge in [-0.1, -0.05) is 0 Å². The zero-order valence-corrected chi connectivity index (χ0v) is 13.4. The number of aromatic nitrogens is 3. The van der Waals surface area contributed by atoms with Crippen molar-refractivity contribution in [3.63, 3.8) is 0 Å². The lowest BCUT2D eigenvalue weighted by molar-refractivity contribution is 0.311. The first kappa shape index (κ1) is 17.6. The van der Waals surface area contributed by atoms with Gasteiger partial charge in [-0.15, -0.1) is 0 Å². The first-order valence-corrected chi connectivity index (χ1v) is 7.62. The predicted octanol–water partition coefficient (Wildman–Crippen LogP) is 3.10. The van der Waals surface area contributed by atoms with Gasteiger partial charge in [0.05, 0.1) is 12.3 Å². The molecule has 2 aromatic heterocycles. The van der Waals surface area contributed by atoms with Gasteiger partial charge in [-0.25, -0.2) is 18.2 Å². The Kier molecular flexibility index (Phi) is 5.28. The van der Waals surface area contributed by atoms with Crippen LogP contribution in [0.4, 0.5) is 30.6 Å². The SMILES string of the molecule is OCCNc1nc(Nc2c(F)cc(F)cc2F)cc(-c2ccncc2)n1. The average Bonchev–Trinajstić information content (AvgIpc) is 2.63. The molecule has 134 valence electrons. The molecule has 0 unspecified atom stereocenters. The van der Waals surface area contributed by atoms with Gasteiger partial charge >= 0.3 is 0 Å². The maximum absolute atomic E-state index is 13.9. The molecule has 0 amide bonds. The van der Waals surface area contributed by atoms with Crippen LogP contribution in [-0.4, -0.2) is 33.2 Å². The van der Waals surface area contributed by atoms with Crippen LogP contribution in [0.5, 0.6) is 0 Å². The highest BCUT2D eigenvalue weighted by atomic mass is 19.1. The van der Waals surface area contributed by atoms with Crippen LogP contribution in [0.1, 0.15) is 0 Å². The normalized spacial score (nSPS) is 10.6. The molecular formula is C17H14F3N5O. The van der Waals surface area contributed by atoms with Crippen molar-refractivity contribution in [2.75, 3.05) is 23.8 Å². The van der Waals surface area contributed by atoms with Gasteiger partial charge in [0.15, 0.2) is 11.6 Å². The number of aliphatic hydroxyl groups excluding tert-OH is 1. The number of hydrogen-bond acceptors (Lipinski definition) is 6. The number of rotatable bonds is 6. The van der Waals surface area contributed by atoms with Crippen LogP contribution in [0.3, 0.4) is 0 Å². The Labute approximate surface area is 146 Å². The van der Waals surface area contributed by atoms with E-state index in [1.54, 1.807) is 24.5 Å². The molecule has 0 saturated carbocycles. The fourth-order valence-corrected chi connectivity index (χ4v) is 2.22. The van der Waals surface area contributed by atoms with Crippen LogP contribution >= 0.6 is 0 Å². The summed E-state index contributed by atoms with van der Waals surface area (Å²) >= 11 is 0. The summed E-state index contributed by atoms with van der Waals surface area (Å²) in [6.07, 6.45) is 3.15. The lowest BCUT2D eigenvalue weighted by atomic mass is 10.2. The van der Waals surface area contributed by atoms with E-state index in [2.05, 4.69) is 25.6 Å². The third-order valence-electron chi connectivity index (χ3n) is 3.36. The monoisotopic (exact) mass is 361 g/mol. The largest absolute Gasteiger partial charge is 0.395 e. The van der Waals surface area contributed by atoms with Crippen molar-refractivity contribution in [2.45, 2.75) is 0 Å². The van der Waals surface area contributed by atoms with Crippen LogP contribution in [-0.2, 0) is 0 Å². The van der Waals surface area contributed by atoms with Crippen molar-refractivity contribution in [1.82, 2.24) is 15.0 Å². The van der Waals surface area contributed by atoms with Gasteiger partial charge in [-0.05, 0) is 12.1 Å². The van der Waals surface area contributed by atoms with Crippen molar-refractivity contribution in [3.05, 3.63) is 60.2 Å². The summed E-state index contributed by atoms with van der Waals surface area (Å²) in [4.78, 5) is 12.3. The molecule has 0 spiro atoms. The molecule has 0 fully saturated rings. The molecular weight excluding hydrogens is 347 g/mol. The van der Waals surface area contributed by atoms with E-state index in [9.17, 15) is 13.2 Å². The Morgan fingerprint density at radius 3 is 2.31 bits per heavy atom. The summed E-state index contributed by atoms with van der Waals surface area (Å²) < 4.78 is 40.8. The van der Waals surface area contributed by atoms with Crippen molar-refractivity contribution >= 4 is 17.5 Å². The van der Waals surface area contributed by atoms with Crippen LogP contribution in [0.2, 0.25) is 0 Å². The zero-order valence-electron chi connectivity index (χ0n) is 13.4. The summed E-state index contributed by atoms with van der Waals surface area (Å²) in [7, 11) is 0. The van der Waals surface area contributed by atoms with Crippen molar-refractivity contribution in [3.8, 4) is 11.3 Å². The first-order valence-electron chi connectivity index (χ1n) is 7.62. The molecule has 0 bridgehead atoms. The number of pyridine rings is 1. The van der Waals surface area contributed by atoms with Gasteiger partial charge in [0.25, 0.3) is 0 Å². The van der Waals surface area contributed by atoms with Crippen LogP contribution in [0, 0.1) is 17.5 Å². The van der Waals surface area contributed by atoms with E-state index in [0.717, 1.165) is 0 Å². The van der Waals surface area contributed by atoms with Crippen LogP contribution in [0.25, 0.3) is 11.3 Å². The molecule has 0 aliphatic heterocycles. The Morgan fingerprint density at radius 2 is 1.65 bits per heavy atom. The van der Waals surface area contributed by atoms with Gasteiger partial charge in [-0.2, -0.15) is 4.98 Å². The van der Waals surface area contributed by atoms with Gasteiger partial charge in [0.1, 0.15) is 17.3 Å². The molecule has 3 N–H and O–H groups in total. The van der Waals surface area contributed by atoms with Crippen LogP contribution < -0.4 is 10.6 Å². The highest BCUT2D eigenvalue weighted by Crippen LogP contribution is 2.26. The van der Waals surface area contributed by atoms with Crippen molar-refractivity contribution in [2.24, 2.45) is 0 Å². The average molecular weight is 361 g/mol. The summed E-state index contributed by atoms with van der Waals surface area (Å²) in [5.74, 6) is -2.95. The first-order chi connectivity index (χ1) is 12.6. The van der Waals surface area contributed by atoms with E-state index >= 15 is 0 Å². The molecule has 26 heavy (non-hydrogen) atoms. The van der Waals surface area contributed by atoms with E-state index in [1.807, 2.05) is 0 Å². The fraction of sp³-hybridized carbons (Fsp3) is 0.118.